The zero-order valence-electron chi connectivity index (χ0n) is 23.9. The molecule has 1 aromatic carbocycles. The van der Waals surface area contributed by atoms with Crippen LogP contribution >= 0.6 is 0 Å². The predicted molar refractivity (Wildman–Crippen MR) is 151 cm³/mol. The van der Waals surface area contributed by atoms with Crippen molar-refractivity contribution < 1.29 is 34.8 Å². The fourth-order valence-corrected chi connectivity index (χ4v) is 6.22. The molecule has 0 bridgehead atoms. The van der Waals surface area contributed by atoms with Gasteiger partial charge in [0.15, 0.2) is 17.5 Å². The van der Waals surface area contributed by atoms with Crippen molar-refractivity contribution in [3.8, 4) is 11.1 Å². The Bertz CT molecular complexity index is 1670. The van der Waals surface area contributed by atoms with Crippen molar-refractivity contribution in [2.24, 2.45) is 0 Å². The summed E-state index contributed by atoms with van der Waals surface area (Å²) in [5.41, 5.74) is -3.37. The fourth-order valence-electron chi connectivity index (χ4n) is 5.12. The van der Waals surface area contributed by atoms with Crippen LogP contribution in [0.2, 0.25) is 0 Å². The van der Waals surface area contributed by atoms with Gasteiger partial charge < -0.3 is 10.2 Å². The minimum absolute atomic E-state index is 0.122. The van der Waals surface area contributed by atoms with Crippen LogP contribution in [0.3, 0.4) is 0 Å². The van der Waals surface area contributed by atoms with Crippen LogP contribution in [0.15, 0.2) is 23.1 Å². The van der Waals surface area contributed by atoms with Crippen LogP contribution in [0.1, 0.15) is 52.0 Å². The largest absolute Gasteiger partial charge is 0.390 e. The molecule has 9 nitrogen and oxygen atoms in total. The van der Waals surface area contributed by atoms with Crippen molar-refractivity contribution in [1.82, 2.24) is 19.4 Å². The van der Waals surface area contributed by atoms with Gasteiger partial charge in [0.25, 0.3) is 5.56 Å². The minimum atomic E-state index is -4.89. The number of benzene rings is 1. The van der Waals surface area contributed by atoms with E-state index in [0.29, 0.717) is 12.1 Å². The lowest BCUT2D eigenvalue weighted by Crippen LogP contribution is -2.36. The maximum Gasteiger partial charge on any atom is 0.390 e. The van der Waals surface area contributed by atoms with E-state index in [4.69, 9.17) is 0 Å². The molecular formula is C27H32F6N6O3S. The Hall–Kier alpha value is -3.40. The molecule has 0 spiro atoms. The highest BCUT2D eigenvalue weighted by Gasteiger charge is 2.32. The Kier molecular flexibility index (Phi) is 9.30. The molecule has 1 fully saturated rings. The molecule has 16 heteroatoms. The first kappa shape index (κ1) is 32.5. The van der Waals surface area contributed by atoms with Crippen LogP contribution in [-0.2, 0) is 10.0 Å². The van der Waals surface area contributed by atoms with Gasteiger partial charge in [0.2, 0.25) is 16.0 Å². The molecule has 0 amide bonds. The van der Waals surface area contributed by atoms with E-state index in [1.165, 1.54) is 21.6 Å². The summed E-state index contributed by atoms with van der Waals surface area (Å²) in [5, 5.41) is 3.56. The molecule has 1 aliphatic carbocycles. The van der Waals surface area contributed by atoms with E-state index in [9.17, 15) is 35.2 Å². The number of alkyl halides is 3. The summed E-state index contributed by atoms with van der Waals surface area (Å²) in [6, 6.07) is 1.67. The van der Waals surface area contributed by atoms with Gasteiger partial charge in [-0.1, -0.05) is 0 Å². The number of nitrogens with one attached hydrogen (secondary N) is 2. The Morgan fingerprint density at radius 2 is 1.70 bits per heavy atom. The van der Waals surface area contributed by atoms with Gasteiger partial charge in [-0.05, 0) is 65.8 Å². The topological polar surface area (TPSA) is 109 Å². The first-order chi connectivity index (χ1) is 20.0. The number of hydrogen-bond acceptors (Lipinski definition) is 7. The molecule has 4 rings (SSSR count). The van der Waals surface area contributed by atoms with Gasteiger partial charge in [0.1, 0.15) is 11.3 Å². The monoisotopic (exact) mass is 634 g/mol. The molecule has 1 aliphatic rings. The first-order valence-electron chi connectivity index (χ1n) is 13.6. The van der Waals surface area contributed by atoms with Crippen LogP contribution in [0.25, 0.3) is 22.2 Å². The van der Waals surface area contributed by atoms with Crippen molar-refractivity contribution in [1.29, 1.82) is 0 Å². The highest BCUT2D eigenvalue weighted by atomic mass is 32.2. The summed E-state index contributed by atoms with van der Waals surface area (Å²) in [6.07, 6.45) is -1.47. The number of halogens is 6. The number of fused-ring (bicyclic) bond motifs is 1. The molecule has 0 aliphatic heterocycles. The van der Waals surface area contributed by atoms with Crippen LogP contribution in [0, 0.1) is 17.5 Å². The third kappa shape index (κ3) is 7.40. The van der Waals surface area contributed by atoms with E-state index < -0.39 is 74.2 Å². The number of pyridine rings is 1. The number of aromatic nitrogens is 3. The molecular weight excluding hydrogens is 602 g/mol. The number of hydrogen-bond donors (Lipinski definition) is 2. The van der Waals surface area contributed by atoms with E-state index in [-0.39, 0.29) is 23.0 Å². The Balaban J connectivity index is 1.70. The van der Waals surface area contributed by atoms with Crippen LogP contribution < -0.4 is 15.6 Å². The minimum Gasteiger partial charge on any atom is -0.351 e. The van der Waals surface area contributed by atoms with E-state index in [1.54, 1.807) is 13.8 Å². The van der Waals surface area contributed by atoms with Crippen molar-refractivity contribution in [3.05, 3.63) is 46.1 Å². The lowest BCUT2D eigenvalue weighted by molar-refractivity contribution is -0.129. The standard InChI is InChI=1S/C27H32F6N6O3S/c1-14(2)39-24-15(13-34-26(36-24)35-16-5-7-17(8-6-16)38(3)4)11-19(25(39)40)18-12-20(28)23(22(30)21(18)29)37-43(41,42)10-9-27(31,32)33/h11-14,16-17,37H,5-10H2,1-4H3,(H,34,35,36). The maximum atomic E-state index is 15.2. The molecule has 0 saturated heterocycles. The molecule has 3 aromatic rings. The Morgan fingerprint density at radius 1 is 1.05 bits per heavy atom. The SMILES string of the molecule is CC(C)n1c(=O)c(-c2cc(F)c(NS(=O)(=O)CCC(F)(F)F)c(F)c2F)cc2cnc(NC3CCC(N(C)C)CC3)nc21. The summed E-state index contributed by atoms with van der Waals surface area (Å²) in [7, 11) is -0.812. The molecule has 2 aromatic heterocycles. The fraction of sp³-hybridized carbons (Fsp3) is 0.519. The van der Waals surface area contributed by atoms with Gasteiger partial charge in [0, 0.05) is 35.3 Å². The van der Waals surface area contributed by atoms with Crippen molar-refractivity contribution in [3.63, 3.8) is 0 Å². The van der Waals surface area contributed by atoms with E-state index in [1.807, 2.05) is 14.1 Å². The molecule has 2 N–H and O–H groups in total. The highest BCUT2D eigenvalue weighted by Crippen LogP contribution is 2.33. The summed E-state index contributed by atoms with van der Waals surface area (Å²) >= 11 is 0. The molecule has 0 atom stereocenters. The first-order valence-corrected chi connectivity index (χ1v) is 15.2. The molecule has 2 heterocycles. The molecule has 236 valence electrons. The van der Waals surface area contributed by atoms with Crippen LogP contribution in [0.5, 0.6) is 0 Å². The number of anilines is 2. The third-order valence-corrected chi connectivity index (χ3v) is 8.67. The zero-order valence-corrected chi connectivity index (χ0v) is 24.7. The second kappa shape index (κ2) is 12.3. The summed E-state index contributed by atoms with van der Waals surface area (Å²) in [4.78, 5) is 24.6. The quantitative estimate of drug-likeness (QED) is 0.239. The smallest absolute Gasteiger partial charge is 0.351 e. The third-order valence-electron chi connectivity index (χ3n) is 7.41. The van der Waals surface area contributed by atoms with Gasteiger partial charge in [-0.15, -0.1) is 0 Å². The van der Waals surface area contributed by atoms with Crippen LogP contribution in [-0.4, -0.2) is 66.0 Å². The normalized spacial score (nSPS) is 18.0. The molecule has 0 unspecified atom stereocenters. The number of sulfonamides is 1. The van der Waals surface area contributed by atoms with Crippen molar-refractivity contribution >= 4 is 32.7 Å². The summed E-state index contributed by atoms with van der Waals surface area (Å²) in [5.74, 6) is -6.65. The molecule has 43 heavy (non-hydrogen) atoms. The van der Waals surface area contributed by atoms with Gasteiger partial charge in [-0.25, -0.2) is 26.6 Å². The van der Waals surface area contributed by atoms with Gasteiger partial charge >= 0.3 is 6.18 Å². The van der Waals surface area contributed by atoms with Crippen molar-refractivity contribution in [2.45, 2.75) is 70.3 Å². The highest BCUT2D eigenvalue weighted by molar-refractivity contribution is 7.92. The molecule has 1 saturated carbocycles. The number of nitrogens with zero attached hydrogens (tertiary/aromatic N) is 4. The van der Waals surface area contributed by atoms with Gasteiger partial charge in [-0.3, -0.25) is 14.1 Å². The summed E-state index contributed by atoms with van der Waals surface area (Å²) < 4.78 is 109. The van der Waals surface area contributed by atoms with E-state index >= 15 is 4.39 Å². The Morgan fingerprint density at radius 3 is 2.28 bits per heavy atom. The average Bonchev–Trinajstić information content (AvgIpc) is 2.91. The average molecular weight is 635 g/mol. The summed E-state index contributed by atoms with van der Waals surface area (Å²) in [6.45, 7) is 3.33. The Labute approximate surface area is 244 Å². The number of rotatable bonds is 9. The van der Waals surface area contributed by atoms with Crippen LogP contribution in [0.4, 0.5) is 38.0 Å². The molecule has 0 radical (unpaired) electrons. The van der Waals surface area contributed by atoms with E-state index in [0.717, 1.165) is 25.7 Å². The van der Waals surface area contributed by atoms with Gasteiger partial charge in [0.05, 0.1) is 17.7 Å². The van der Waals surface area contributed by atoms with E-state index in [2.05, 4.69) is 20.2 Å². The van der Waals surface area contributed by atoms with Crippen molar-refractivity contribution in [2.75, 3.05) is 29.9 Å². The predicted octanol–water partition coefficient (Wildman–Crippen LogP) is 5.44. The second-order valence-electron chi connectivity index (χ2n) is 11.1. The second-order valence-corrected chi connectivity index (χ2v) is 12.9. The zero-order chi connectivity index (χ0) is 31.9. The van der Waals surface area contributed by atoms with Gasteiger partial charge in [-0.2, -0.15) is 18.2 Å². The lowest BCUT2D eigenvalue weighted by atomic mass is 9.91. The lowest BCUT2D eigenvalue weighted by Gasteiger charge is -2.33. The maximum absolute atomic E-state index is 15.2.